The van der Waals surface area contributed by atoms with E-state index in [0.717, 1.165) is 5.56 Å². The van der Waals surface area contributed by atoms with Crippen molar-refractivity contribution in [3.05, 3.63) is 60.7 Å². The van der Waals surface area contributed by atoms with Crippen LogP contribution < -0.4 is 9.47 Å². The molecule has 7 heteroatoms. The summed E-state index contributed by atoms with van der Waals surface area (Å²) in [6, 6.07) is 12.6. The zero-order valence-corrected chi connectivity index (χ0v) is 12.6. The van der Waals surface area contributed by atoms with E-state index in [9.17, 15) is 9.50 Å². The van der Waals surface area contributed by atoms with Gasteiger partial charge in [-0.1, -0.05) is 0 Å². The Kier molecular flexibility index (Phi) is 5.02. The number of aliphatic hydroxyl groups is 1. The van der Waals surface area contributed by atoms with Crippen LogP contribution in [0.5, 0.6) is 11.5 Å². The normalized spacial score (nSPS) is 11.9. The van der Waals surface area contributed by atoms with Gasteiger partial charge in [-0.15, -0.1) is 10.2 Å². The van der Waals surface area contributed by atoms with Gasteiger partial charge in [-0.3, -0.25) is 0 Å². The van der Waals surface area contributed by atoms with Crippen molar-refractivity contribution >= 4 is 0 Å². The number of benzene rings is 2. The first kappa shape index (κ1) is 15.9. The van der Waals surface area contributed by atoms with Crippen LogP contribution in [0.2, 0.25) is 0 Å². The van der Waals surface area contributed by atoms with E-state index in [1.165, 1.54) is 30.7 Å². The minimum Gasteiger partial charge on any atom is -0.491 e. The molecule has 0 spiro atoms. The number of halogens is 1. The van der Waals surface area contributed by atoms with Crippen LogP contribution in [-0.2, 0) is 0 Å². The van der Waals surface area contributed by atoms with Crippen molar-refractivity contribution in [2.75, 3.05) is 13.2 Å². The van der Waals surface area contributed by atoms with Gasteiger partial charge >= 0.3 is 0 Å². The molecule has 0 aliphatic heterocycles. The lowest BCUT2D eigenvalue weighted by atomic mass is 10.2. The Labute approximate surface area is 137 Å². The standard InChI is InChI=1S/C17H15FN2O4/c18-13-3-7-16(8-4-13)23-10-14(21)9-22-15-5-1-12(2-6-15)17-20-19-11-24-17/h1-8,11,14,21H,9-10H2/t14-/m0/s1. The molecule has 0 bridgehead atoms. The van der Waals surface area contributed by atoms with Crippen LogP contribution in [0.15, 0.2) is 59.3 Å². The molecule has 0 aliphatic carbocycles. The van der Waals surface area contributed by atoms with E-state index >= 15 is 0 Å². The lowest BCUT2D eigenvalue weighted by Gasteiger charge is -2.13. The highest BCUT2D eigenvalue weighted by Crippen LogP contribution is 2.20. The van der Waals surface area contributed by atoms with Crippen molar-refractivity contribution in [2.24, 2.45) is 0 Å². The number of hydrogen-bond donors (Lipinski definition) is 1. The molecular formula is C17H15FN2O4. The molecule has 0 fully saturated rings. The monoisotopic (exact) mass is 330 g/mol. The largest absolute Gasteiger partial charge is 0.491 e. The molecule has 24 heavy (non-hydrogen) atoms. The molecule has 0 radical (unpaired) electrons. The summed E-state index contributed by atoms with van der Waals surface area (Å²) in [5.74, 6) is 1.17. The second-order valence-corrected chi connectivity index (χ2v) is 5.00. The summed E-state index contributed by atoms with van der Waals surface area (Å²) in [7, 11) is 0. The zero-order chi connectivity index (χ0) is 16.8. The molecule has 0 saturated carbocycles. The Bertz CT molecular complexity index is 745. The summed E-state index contributed by atoms with van der Waals surface area (Å²) in [6.45, 7) is 0.118. The minimum absolute atomic E-state index is 0.0473. The molecule has 1 heterocycles. The highest BCUT2D eigenvalue weighted by atomic mass is 19.1. The number of hydrogen-bond acceptors (Lipinski definition) is 6. The maximum atomic E-state index is 12.8. The van der Waals surface area contributed by atoms with Crippen LogP contribution in [0.4, 0.5) is 4.39 Å². The van der Waals surface area contributed by atoms with Gasteiger partial charge in [0.2, 0.25) is 12.3 Å². The fourth-order valence-electron chi connectivity index (χ4n) is 1.96. The smallest absolute Gasteiger partial charge is 0.247 e. The van der Waals surface area contributed by atoms with Crippen LogP contribution >= 0.6 is 0 Å². The average Bonchev–Trinajstić information content (AvgIpc) is 3.14. The third-order valence-electron chi connectivity index (χ3n) is 3.16. The molecule has 0 unspecified atom stereocenters. The summed E-state index contributed by atoms with van der Waals surface area (Å²) in [5.41, 5.74) is 0.778. The van der Waals surface area contributed by atoms with E-state index in [4.69, 9.17) is 13.9 Å². The number of ether oxygens (including phenoxy) is 2. The maximum absolute atomic E-state index is 12.8. The summed E-state index contributed by atoms with van der Waals surface area (Å²) in [4.78, 5) is 0. The molecule has 1 N–H and O–H groups in total. The molecule has 1 aromatic heterocycles. The van der Waals surface area contributed by atoms with Crippen molar-refractivity contribution in [3.8, 4) is 23.0 Å². The van der Waals surface area contributed by atoms with Gasteiger partial charge in [-0.2, -0.15) is 0 Å². The van der Waals surface area contributed by atoms with Crippen LogP contribution in [0, 0.1) is 5.82 Å². The quantitative estimate of drug-likeness (QED) is 0.718. The van der Waals surface area contributed by atoms with Crippen LogP contribution in [0.3, 0.4) is 0 Å². The second kappa shape index (κ2) is 7.56. The van der Waals surface area contributed by atoms with Gasteiger partial charge in [-0.05, 0) is 48.5 Å². The molecular weight excluding hydrogens is 315 g/mol. The SMILES string of the molecule is O[C@H](COc1ccc(F)cc1)COc1ccc(-c2nnco2)cc1. The first-order valence-electron chi connectivity index (χ1n) is 7.26. The highest BCUT2D eigenvalue weighted by Gasteiger charge is 2.08. The summed E-state index contributed by atoms with van der Waals surface area (Å²) < 4.78 is 28.7. The molecule has 3 aromatic rings. The second-order valence-electron chi connectivity index (χ2n) is 5.00. The van der Waals surface area contributed by atoms with Gasteiger partial charge in [0.1, 0.15) is 36.6 Å². The molecule has 1 atom stereocenters. The molecule has 0 saturated heterocycles. The van der Waals surface area contributed by atoms with Gasteiger partial charge in [0.05, 0.1) is 0 Å². The van der Waals surface area contributed by atoms with Crippen LogP contribution in [0.25, 0.3) is 11.5 Å². The molecule has 0 amide bonds. The maximum Gasteiger partial charge on any atom is 0.247 e. The summed E-state index contributed by atoms with van der Waals surface area (Å²) in [5, 5.41) is 17.3. The van der Waals surface area contributed by atoms with Gasteiger partial charge in [0, 0.05) is 5.56 Å². The Hall–Kier alpha value is -2.93. The fraction of sp³-hybridized carbons (Fsp3) is 0.176. The average molecular weight is 330 g/mol. The van der Waals surface area contributed by atoms with Crippen LogP contribution in [-0.4, -0.2) is 34.6 Å². The lowest BCUT2D eigenvalue weighted by Crippen LogP contribution is -2.25. The Morgan fingerprint density at radius 3 is 2.08 bits per heavy atom. The predicted octanol–water partition coefficient (Wildman–Crippen LogP) is 2.69. The predicted molar refractivity (Wildman–Crippen MR) is 83.1 cm³/mol. The number of aromatic nitrogens is 2. The summed E-state index contributed by atoms with van der Waals surface area (Å²) in [6.07, 6.45) is 0.447. The summed E-state index contributed by atoms with van der Waals surface area (Å²) >= 11 is 0. The minimum atomic E-state index is -0.814. The van der Waals surface area contributed by atoms with E-state index in [1.54, 1.807) is 24.3 Å². The van der Waals surface area contributed by atoms with E-state index in [-0.39, 0.29) is 19.0 Å². The van der Waals surface area contributed by atoms with Crippen molar-refractivity contribution in [1.29, 1.82) is 0 Å². The third-order valence-corrected chi connectivity index (χ3v) is 3.16. The molecule has 124 valence electrons. The van der Waals surface area contributed by atoms with Crippen LogP contribution in [0.1, 0.15) is 0 Å². The fourth-order valence-corrected chi connectivity index (χ4v) is 1.96. The lowest BCUT2D eigenvalue weighted by molar-refractivity contribution is 0.0626. The Morgan fingerprint density at radius 2 is 1.54 bits per heavy atom. The van der Waals surface area contributed by atoms with E-state index in [2.05, 4.69) is 10.2 Å². The van der Waals surface area contributed by atoms with E-state index in [0.29, 0.717) is 17.4 Å². The number of rotatable bonds is 7. The van der Waals surface area contributed by atoms with Crippen molar-refractivity contribution in [1.82, 2.24) is 10.2 Å². The molecule has 0 aliphatic rings. The Morgan fingerprint density at radius 1 is 0.958 bits per heavy atom. The van der Waals surface area contributed by atoms with Gasteiger partial charge in [0.15, 0.2) is 0 Å². The van der Waals surface area contributed by atoms with Crippen molar-refractivity contribution in [2.45, 2.75) is 6.10 Å². The van der Waals surface area contributed by atoms with Crippen molar-refractivity contribution in [3.63, 3.8) is 0 Å². The third kappa shape index (κ3) is 4.30. The first-order chi connectivity index (χ1) is 11.7. The molecule has 2 aromatic carbocycles. The first-order valence-corrected chi connectivity index (χ1v) is 7.26. The van der Waals surface area contributed by atoms with Gasteiger partial charge in [-0.25, -0.2) is 4.39 Å². The van der Waals surface area contributed by atoms with E-state index < -0.39 is 6.10 Å². The molecule has 6 nitrogen and oxygen atoms in total. The van der Waals surface area contributed by atoms with Gasteiger partial charge in [0.25, 0.3) is 0 Å². The van der Waals surface area contributed by atoms with Crippen molar-refractivity contribution < 1.29 is 23.4 Å². The van der Waals surface area contributed by atoms with E-state index in [1.807, 2.05) is 0 Å². The number of nitrogens with zero attached hydrogens (tertiary/aromatic N) is 2. The zero-order valence-electron chi connectivity index (χ0n) is 12.6. The Balaban J connectivity index is 1.45. The topological polar surface area (TPSA) is 77.6 Å². The number of aliphatic hydroxyl groups excluding tert-OH is 1. The molecule has 3 rings (SSSR count). The van der Waals surface area contributed by atoms with Gasteiger partial charge < -0.3 is 19.0 Å². The highest BCUT2D eigenvalue weighted by molar-refractivity contribution is 5.53.